The number of carbonyl (C=O) groups excluding carboxylic acids is 1. The minimum absolute atomic E-state index is 0.0842. The third-order valence-corrected chi connectivity index (χ3v) is 4.54. The molecule has 2 amide bonds. The first kappa shape index (κ1) is 15.5. The van der Waals surface area contributed by atoms with Crippen LogP contribution in [0.4, 0.5) is 10.5 Å². The van der Waals surface area contributed by atoms with Gasteiger partial charge in [-0.2, -0.15) is 5.10 Å². The fourth-order valence-electron chi connectivity index (χ4n) is 3.16. The Bertz CT molecular complexity index is 639. The van der Waals surface area contributed by atoms with E-state index in [4.69, 9.17) is 0 Å². The summed E-state index contributed by atoms with van der Waals surface area (Å²) in [5.41, 5.74) is 0.675. The molecule has 1 saturated carbocycles. The van der Waals surface area contributed by atoms with Crippen LogP contribution >= 0.6 is 0 Å². The summed E-state index contributed by atoms with van der Waals surface area (Å²) in [4.78, 5) is 22.4. The summed E-state index contributed by atoms with van der Waals surface area (Å²) >= 11 is 0. The highest BCUT2D eigenvalue weighted by atomic mass is 16.2. The second-order valence-corrected chi connectivity index (χ2v) is 6.12. The maximum atomic E-state index is 12.4. The predicted molar refractivity (Wildman–Crippen MR) is 87.4 cm³/mol. The molecule has 1 aliphatic rings. The van der Waals surface area contributed by atoms with Gasteiger partial charge in [-0.15, -0.1) is 0 Å². The van der Waals surface area contributed by atoms with E-state index >= 15 is 0 Å². The number of hydrogen-bond donors (Lipinski definition) is 1. The summed E-state index contributed by atoms with van der Waals surface area (Å²) in [5.74, 6) is 1.21. The minimum atomic E-state index is -0.0842. The number of carbonyl (C=O) groups is 1. The summed E-state index contributed by atoms with van der Waals surface area (Å²) in [5, 5.41) is 6.93. The number of aromatic nitrogens is 4. The van der Waals surface area contributed by atoms with E-state index in [2.05, 4.69) is 27.3 Å². The summed E-state index contributed by atoms with van der Waals surface area (Å²) in [6, 6.07) is 3.85. The molecule has 3 rings (SSSR count). The third kappa shape index (κ3) is 3.49. The van der Waals surface area contributed by atoms with Crippen molar-refractivity contribution in [3.05, 3.63) is 31.0 Å². The number of anilines is 1. The van der Waals surface area contributed by atoms with Gasteiger partial charge in [-0.1, -0.05) is 19.8 Å². The average molecular weight is 314 g/mol. The second kappa shape index (κ2) is 6.76. The molecule has 1 aliphatic carbocycles. The fourth-order valence-corrected chi connectivity index (χ4v) is 3.16. The topological polar surface area (TPSA) is 75.9 Å². The van der Waals surface area contributed by atoms with Crippen LogP contribution in [0.25, 0.3) is 5.82 Å². The highest BCUT2D eigenvalue weighted by Gasteiger charge is 2.27. The van der Waals surface area contributed by atoms with Gasteiger partial charge in [-0.25, -0.2) is 19.4 Å². The molecule has 0 bridgehead atoms. The summed E-state index contributed by atoms with van der Waals surface area (Å²) in [6.07, 6.45) is 9.40. The van der Waals surface area contributed by atoms with Gasteiger partial charge < -0.3 is 10.2 Å². The van der Waals surface area contributed by atoms with Crippen LogP contribution in [-0.2, 0) is 0 Å². The molecule has 2 aromatic heterocycles. The van der Waals surface area contributed by atoms with Crippen molar-refractivity contribution in [1.82, 2.24) is 24.6 Å². The number of nitrogens with one attached hydrogen (secondary N) is 1. The van der Waals surface area contributed by atoms with E-state index in [-0.39, 0.29) is 6.03 Å². The van der Waals surface area contributed by atoms with Crippen molar-refractivity contribution in [1.29, 1.82) is 0 Å². The molecular formula is C16H22N6O. The van der Waals surface area contributed by atoms with Gasteiger partial charge in [0.05, 0.1) is 11.9 Å². The second-order valence-electron chi connectivity index (χ2n) is 6.12. The van der Waals surface area contributed by atoms with E-state index in [1.807, 2.05) is 18.0 Å². The minimum Gasteiger partial charge on any atom is -0.324 e. The molecule has 23 heavy (non-hydrogen) atoms. The Labute approximate surface area is 135 Å². The summed E-state index contributed by atoms with van der Waals surface area (Å²) in [6.45, 7) is 2.22. The van der Waals surface area contributed by atoms with E-state index < -0.39 is 0 Å². The molecule has 1 N–H and O–H groups in total. The van der Waals surface area contributed by atoms with Crippen molar-refractivity contribution in [2.24, 2.45) is 5.92 Å². The van der Waals surface area contributed by atoms with E-state index in [1.54, 1.807) is 23.3 Å². The van der Waals surface area contributed by atoms with Gasteiger partial charge in [0.1, 0.15) is 12.7 Å². The van der Waals surface area contributed by atoms with Crippen molar-refractivity contribution in [3.8, 4) is 5.82 Å². The Morgan fingerprint density at radius 1 is 1.35 bits per heavy atom. The van der Waals surface area contributed by atoms with Gasteiger partial charge in [0.2, 0.25) is 0 Å². The fraction of sp³-hybridized carbons (Fsp3) is 0.500. The maximum Gasteiger partial charge on any atom is 0.321 e. The smallest absolute Gasteiger partial charge is 0.321 e. The molecule has 2 atom stereocenters. The van der Waals surface area contributed by atoms with E-state index in [0.717, 1.165) is 6.42 Å². The largest absolute Gasteiger partial charge is 0.324 e. The van der Waals surface area contributed by atoms with Crippen LogP contribution in [0.5, 0.6) is 0 Å². The molecule has 7 nitrogen and oxygen atoms in total. The number of pyridine rings is 1. The lowest BCUT2D eigenvalue weighted by Gasteiger charge is -2.36. The molecule has 0 spiro atoms. The standard InChI is InChI=1S/C16H22N6O/c1-12-5-3-4-6-14(12)21(2)16(23)20-13-7-8-15(18-9-13)22-11-17-10-19-22/h7-12,14H,3-6H2,1-2H3,(H,20,23)/t12-,14-/m0/s1. The van der Waals surface area contributed by atoms with E-state index in [1.165, 1.54) is 25.6 Å². The highest BCUT2D eigenvalue weighted by molar-refractivity contribution is 5.89. The highest BCUT2D eigenvalue weighted by Crippen LogP contribution is 2.27. The third-order valence-electron chi connectivity index (χ3n) is 4.54. The molecular weight excluding hydrogens is 292 g/mol. The Kier molecular flexibility index (Phi) is 4.55. The van der Waals surface area contributed by atoms with Crippen molar-refractivity contribution in [2.75, 3.05) is 12.4 Å². The van der Waals surface area contributed by atoms with Crippen LogP contribution < -0.4 is 5.32 Å². The Hall–Kier alpha value is -2.44. The van der Waals surface area contributed by atoms with Crippen molar-refractivity contribution < 1.29 is 4.79 Å². The maximum absolute atomic E-state index is 12.4. The van der Waals surface area contributed by atoms with Crippen molar-refractivity contribution in [3.63, 3.8) is 0 Å². The first-order valence-electron chi connectivity index (χ1n) is 8.00. The van der Waals surface area contributed by atoms with Gasteiger partial charge in [-0.05, 0) is 30.9 Å². The first-order valence-corrected chi connectivity index (χ1v) is 8.00. The van der Waals surface area contributed by atoms with Gasteiger partial charge in [0.25, 0.3) is 0 Å². The molecule has 2 aromatic rings. The zero-order chi connectivity index (χ0) is 16.2. The SMILES string of the molecule is C[C@H]1CCCC[C@@H]1N(C)C(=O)Nc1ccc(-n2cncn2)nc1. The Balaban J connectivity index is 1.63. The molecule has 122 valence electrons. The molecule has 0 radical (unpaired) electrons. The molecule has 0 aliphatic heterocycles. The molecule has 0 saturated heterocycles. The Morgan fingerprint density at radius 3 is 2.83 bits per heavy atom. The van der Waals surface area contributed by atoms with Crippen molar-refractivity contribution >= 4 is 11.7 Å². The van der Waals surface area contributed by atoms with Crippen LogP contribution in [0.3, 0.4) is 0 Å². The molecule has 1 fully saturated rings. The summed E-state index contributed by atoms with van der Waals surface area (Å²) < 4.78 is 1.57. The number of hydrogen-bond acceptors (Lipinski definition) is 4. The van der Waals surface area contributed by atoms with Gasteiger partial charge >= 0.3 is 6.03 Å². The zero-order valence-electron chi connectivity index (χ0n) is 13.5. The first-order chi connectivity index (χ1) is 11.1. The zero-order valence-corrected chi connectivity index (χ0v) is 13.5. The number of amides is 2. The van der Waals surface area contributed by atoms with Crippen LogP contribution in [0.2, 0.25) is 0 Å². The number of urea groups is 1. The van der Waals surface area contributed by atoms with E-state index in [0.29, 0.717) is 23.5 Å². The number of nitrogens with zero attached hydrogens (tertiary/aromatic N) is 5. The average Bonchev–Trinajstić information content (AvgIpc) is 3.10. The van der Waals surface area contributed by atoms with Gasteiger partial charge in [-0.3, -0.25) is 0 Å². The molecule has 7 heteroatoms. The summed E-state index contributed by atoms with van der Waals surface area (Å²) in [7, 11) is 1.87. The van der Waals surface area contributed by atoms with Crippen LogP contribution in [0.15, 0.2) is 31.0 Å². The molecule has 0 unspecified atom stereocenters. The van der Waals surface area contributed by atoms with Crippen LogP contribution in [0.1, 0.15) is 32.6 Å². The van der Waals surface area contributed by atoms with Gasteiger partial charge in [0.15, 0.2) is 5.82 Å². The van der Waals surface area contributed by atoms with Crippen molar-refractivity contribution in [2.45, 2.75) is 38.6 Å². The van der Waals surface area contributed by atoms with Gasteiger partial charge in [0, 0.05) is 13.1 Å². The lowest BCUT2D eigenvalue weighted by Crippen LogP contribution is -2.44. The lowest BCUT2D eigenvalue weighted by atomic mass is 9.85. The van der Waals surface area contributed by atoms with Crippen LogP contribution in [0, 0.1) is 5.92 Å². The monoisotopic (exact) mass is 314 g/mol. The van der Waals surface area contributed by atoms with E-state index in [9.17, 15) is 4.79 Å². The Morgan fingerprint density at radius 2 is 2.17 bits per heavy atom. The number of rotatable bonds is 3. The molecule has 2 heterocycles. The normalized spacial score (nSPS) is 21.0. The quantitative estimate of drug-likeness (QED) is 0.945. The van der Waals surface area contributed by atoms with Crippen LogP contribution in [-0.4, -0.2) is 43.8 Å². The lowest BCUT2D eigenvalue weighted by molar-refractivity contribution is 0.155. The predicted octanol–water partition coefficient (Wildman–Crippen LogP) is 2.70. The molecule has 0 aromatic carbocycles.